The Kier molecular flexibility index (Phi) is 3.46. The van der Waals surface area contributed by atoms with Crippen LogP contribution in [-0.2, 0) is 12.3 Å². The summed E-state index contributed by atoms with van der Waals surface area (Å²) in [5.41, 5.74) is 1.50. The topological polar surface area (TPSA) is 34.9 Å². The average Bonchev–Trinajstić information content (AvgIpc) is 2.83. The molecule has 0 fully saturated rings. The van der Waals surface area contributed by atoms with Crippen LogP contribution in [-0.4, -0.2) is 9.78 Å². The Labute approximate surface area is 103 Å². The molecule has 0 aliphatic carbocycles. The molecule has 2 rings (SSSR count). The van der Waals surface area contributed by atoms with Crippen LogP contribution in [0.4, 0.5) is 0 Å². The van der Waals surface area contributed by atoms with Crippen molar-refractivity contribution in [1.29, 1.82) is 0 Å². The van der Waals surface area contributed by atoms with Gasteiger partial charge in [0.15, 0.2) is 0 Å². The van der Waals surface area contributed by atoms with E-state index in [9.17, 15) is 4.79 Å². The van der Waals surface area contributed by atoms with E-state index >= 15 is 0 Å². The number of rotatable bonds is 3. The number of hydrogen-bond donors (Lipinski definition) is 1. The summed E-state index contributed by atoms with van der Waals surface area (Å²) in [6.07, 6.45) is 0. The Morgan fingerprint density at radius 1 is 1.56 bits per heavy atom. The smallest absolute Gasteiger partial charge is 0.267 e. The Bertz CT molecular complexity index is 503. The molecule has 5 heteroatoms. The van der Waals surface area contributed by atoms with Gasteiger partial charge in [0.25, 0.3) is 5.56 Å². The highest BCUT2D eigenvalue weighted by molar-refractivity contribution is 7.79. The average molecular weight is 252 g/mol. The maximum Gasteiger partial charge on any atom is 0.270 e. The molecule has 3 nitrogen and oxygen atoms in total. The van der Waals surface area contributed by atoms with Crippen molar-refractivity contribution in [2.75, 3.05) is 0 Å². The fourth-order valence-corrected chi connectivity index (χ4v) is 2.38. The second-order valence-corrected chi connectivity index (χ2v) is 4.58. The van der Waals surface area contributed by atoms with E-state index in [0.29, 0.717) is 17.9 Å². The van der Waals surface area contributed by atoms with Crippen molar-refractivity contribution in [2.24, 2.45) is 0 Å². The van der Waals surface area contributed by atoms with Gasteiger partial charge in [-0.25, -0.2) is 4.68 Å². The first-order chi connectivity index (χ1) is 7.76. The van der Waals surface area contributed by atoms with E-state index in [1.165, 1.54) is 4.68 Å². The molecule has 0 saturated carbocycles. The number of thiol groups is 1. The molecule has 0 aliphatic rings. The van der Waals surface area contributed by atoms with E-state index in [1.54, 1.807) is 11.3 Å². The molecular weight excluding hydrogens is 240 g/mol. The third-order valence-electron chi connectivity index (χ3n) is 2.29. The third kappa shape index (κ3) is 2.05. The zero-order chi connectivity index (χ0) is 11.5. The lowest BCUT2D eigenvalue weighted by Crippen LogP contribution is -2.25. The van der Waals surface area contributed by atoms with Crippen molar-refractivity contribution >= 4 is 24.0 Å². The molecule has 2 heterocycles. The lowest BCUT2D eigenvalue weighted by molar-refractivity contribution is 0.614. The fourth-order valence-electron chi connectivity index (χ4n) is 1.47. The zero-order valence-electron chi connectivity index (χ0n) is 8.88. The van der Waals surface area contributed by atoms with Crippen molar-refractivity contribution in [3.8, 4) is 10.6 Å². The molecule has 0 saturated heterocycles. The predicted molar refractivity (Wildman–Crippen MR) is 70.2 cm³/mol. The number of aromatic nitrogens is 2. The molecule has 0 spiro atoms. The first kappa shape index (κ1) is 11.4. The van der Waals surface area contributed by atoms with Crippen molar-refractivity contribution in [3.05, 3.63) is 39.5 Å². The van der Waals surface area contributed by atoms with Crippen molar-refractivity contribution < 1.29 is 0 Å². The van der Waals surface area contributed by atoms with Crippen molar-refractivity contribution in [2.45, 2.75) is 19.2 Å². The summed E-state index contributed by atoms with van der Waals surface area (Å²) >= 11 is 5.79. The normalized spacial score (nSPS) is 10.6. The van der Waals surface area contributed by atoms with Gasteiger partial charge in [0.05, 0.1) is 4.88 Å². The molecule has 2 aromatic heterocycles. The summed E-state index contributed by atoms with van der Waals surface area (Å²) in [6.45, 7) is 2.49. The number of aryl methyl sites for hydroxylation is 1. The minimum Gasteiger partial charge on any atom is -0.267 e. The van der Waals surface area contributed by atoms with Gasteiger partial charge in [0.2, 0.25) is 0 Å². The molecule has 84 valence electrons. The molecule has 2 aromatic rings. The molecule has 0 N–H and O–H groups in total. The maximum absolute atomic E-state index is 11.8. The van der Waals surface area contributed by atoms with Gasteiger partial charge in [-0.1, -0.05) is 6.07 Å². The molecule has 0 amide bonds. The Hall–Kier alpha value is -1.07. The van der Waals surface area contributed by atoms with Crippen molar-refractivity contribution in [3.63, 3.8) is 0 Å². The molecular formula is C11H12N2OS2. The fraction of sp³-hybridized carbons (Fsp3) is 0.273. The molecule has 0 bridgehead atoms. The highest BCUT2D eigenvalue weighted by Crippen LogP contribution is 2.22. The summed E-state index contributed by atoms with van der Waals surface area (Å²) in [4.78, 5) is 12.9. The summed E-state index contributed by atoms with van der Waals surface area (Å²) in [5.74, 6) is 0.444. The quantitative estimate of drug-likeness (QED) is 0.851. The van der Waals surface area contributed by atoms with E-state index in [4.69, 9.17) is 0 Å². The second-order valence-electron chi connectivity index (χ2n) is 3.31. The largest absolute Gasteiger partial charge is 0.270 e. The van der Waals surface area contributed by atoms with E-state index in [2.05, 4.69) is 17.7 Å². The van der Waals surface area contributed by atoms with Gasteiger partial charge < -0.3 is 0 Å². The van der Waals surface area contributed by atoms with E-state index in [1.807, 2.05) is 30.5 Å². The molecule has 0 atom stereocenters. The lowest BCUT2D eigenvalue weighted by atomic mass is 10.2. The molecule has 0 aromatic carbocycles. The van der Waals surface area contributed by atoms with Gasteiger partial charge in [-0.2, -0.15) is 17.7 Å². The van der Waals surface area contributed by atoms with Gasteiger partial charge in [-0.05, 0) is 24.4 Å². The van der Waals surface area contributed by atoms with Crippen molar-refractivity contribution in [1.82, 2.24) is 9.78 Å². The Balaban J connectivity index is 2.60. The van der Waals surface area contributed by atoms with E-state index < -0.39 is 0 Å². The minimum atomic E-state index is -0.0437. The number of hydrogen-bond acceptors (Lipinski definition) is 4. The summed E-state index contributed by atoms with van der Waals surface area (Å²) in [5, 5.41) is 6.32. The molecule has 16 heavy (non-hydrogen) atoms. The standard InChI is InChI=1S/C11H12N2OS2/c1-2-13-11(14)8(7-15)6-9(12-13)10-4-3-5-16-10/h3-6,15H,2,7H2,1H3. The Morgan fingerprint density at radius 3 is 2.94 bits per heavy atom. The van der Waals surface area contributed by atoms with Gasteiger partial charge in [0.1, 0.15) is 5.69 Å². The van der Waals surface area contributed by atoms with Crippen LogP contribution in [0.25, 0.3) is 10.6 Å². The van der Waals surface area contributed by atoms with Crippen LogP contribution >= 0.6 is 24.0 Å². The van der Waals surface area contributed by atoms with Gasteiger partial charge in [-0.15, -0.1) is 11.3 Å². The molecule has 0 aliphatic heterocycles. The van der Waals surface area contributed by atoms with Crippen LogP contribution in [0.3, 0.4) is 0 Å². The predicted octanol–water partition coefficient (Wildman–Crippen LogP) is 2.42. The number of nitrogens with zero attached hydrogens (tertiary/aromatic N) is 2. The monoisotopic (exact) mass is 252 g/mol. The van der Waals surface area contributed by atoms with Crippen LogP contribution in [0.1, 0.15) is 12.5 Å². The van der Waals surface area contributed by atoms with Crippen LogP contribution < -0.4 is 5.56 Å². The first-order valence-corrected chi connectivity index (χ1v) is 6.53. The van der Waals surface area contributed by atoms with Crippen LogP contribution in [0.15, 0.2) is 28.4 Å². The molecule has 0 unspecified atom stereocenters. The van der Waals surface area contributed by atoms with Crippen LogP contribution in [0.2, 0.25) is 0 Å². The van der Waals surface area contributed by atoms with Crippen LogP contribution in [0, 0.1) is 0 Å². The highest BCUT2D eigenvalue weighted by atomic mass is 32.1. The molecule has 0 radical (unpaired) electrons. The van der Waals surface area contributed by atoms with E-state index in [0.717, 1.165) is 10.6 Å². The third-order valence-corrected chi connectivity index (χ3v) is 3.53. The minimum absolute atomic E-state index is 0.0437. The van der Waals surface area contributed by atoms with Crippen LogP contribution in [0.5, 0.6) is 0 Å². The second kappa shape index (κ2) is 4.84. The number of thiophene rings is 1. The maximum atomic E-state index is 11.8. The van der Waals surface area contributed by atoms with Gasteiger partial charge >= 0.3 is 0 Å². The lowest BCUT2D eigenvalue weighted by Gasteiger charge is -2.06. The van der Waals surface area contributed by atoms with Gasteiger partial charge in [-0.3, -0.25) is 4.79 Å². The zero-order valence-corrected chi connectivity index (χ0v) is 10.6. The van der Waals surface area contributed by atoms with E-state index in [-0.39, 0.29) is 5.56 Å². The highest BCUT2D eigenvalue weighted by Gasteiger charge is 2.08. The summed E-state index contributed by atoms with van der Waals surface area (Å²) < 4.78 is 1.49. The summed E-state index contributed by atoms with van der Waals surface area (Å²) in [6, 6.07) is 5.80. The summed E-state index contributed by atoms with van der Waals surface area (Å²) in [7, 11) is 0. The Morgan fingerprint density at radius 2 is 2.38 bits per heavy atom. The first-order valence-electron chi connectivity index (χ1n) is 5.02. The SMILES string of the molecule is CCn1nc(-c2cccs2)cc(CS)c1=O. The van der Waals surface area contributed by atoms with Gasteiger partial charge in [0, 0.05) is 17.9 Å².